The molecule has 1 aliphatic rings. The zero-order valence-corrected chi connectivity index (χ0v) is 7.93. The Bertz CT molecular complexity index is 93.8. The molecule has 1 heterocycles. The van der Waals surface area contributed by atoms with Gasteiger partial charge in [0.15, 0.2) is 0 Å². The Morgan fingerprint density at radius 3 is 2.80 bits per heavy atom. The molecule has 0 radical (unpaired) electrons. The molecule has 1 nitrogen and oxygen atoms in total. The smallest absolute Gasteiger partial charge is 0.116 e. The van der Waals surface area contributed by atoms with Gasteiger partial charge in [-0.2, -0.15) is 11.8 Å². The van der Waals surface area contributed by atoms with Gasteiger partial charge in [0.1, 0.15) is 4.93 Å². The number of rotatable bonds is 0. The van der Waals surface area contributed by atoms with Gasteiger partial charge in [0.25, 0.3) is 0 Å². The summed E-state index contributed by atoms with van der Waals surface area (Å²) in [5.74, 6) is 3.22. The van der Waals surface area contributed by atoms with Crippen LogP contribution in [0.4, 0.5) is 0 Å². The minimum atomic E-state index is -0.467. The summed E-state index contributed by atoms with van der Waals surface area (Å²) in [7, 11) is 0. The van der Waals surface area contributed by atoms with E-state index in [1.165, 1.54) is 18.6 Å². The fourth-order valence-corrected chi connectivity index (χ4v) is 3.20. The normalized spacial score (nSPS) is 36.6. The van der Waals surface area contributed by atoms with Crippen LogP contribution in [0.3, 0.4) is 0 Å². The maximum Gasteiger partial charge on any atom is 0.116 e. The van der Waals surface area contributed by atoms with E-state index in [0.29, 0.717) is 0 Å². The largest absolute Gasteiger partial charge is 0.379 e. The standard InChI is InChI=1S/C7H14OS2/c1-7(8)6-9-4-2-3-5-10-7/h8H,2-6H2,1H3. The second-order valence-electron chi connectivity index (χ2n) is 2.78. The first-order valence-corrected chi connectivity index (χ1v) is 5.79. The van der Waals surface area contributed by atoms with Crippen LogP contribution in [-0.2, 0) is 0 Å². The Kier molecular flexibility index (Phi) is 3.40. The van der Waals surface area contributed by atoms with Crippen molar-refractivity contribution in [2.24, 2.45) is 0 Å². The van der Waals surface area contributed by atoms with E-state index >= 15 is 0 Å². The van der Waals surface area contributed by atoms with Crippen molar-refractivity contribution in [3.63, 3.8) is 0 Å². The number of thioether (sulfide) groups is 2. The lowest BCUT2D eigenvalue weighted by atomic mass is 10.4. The van der Waals surface area contributed by atoms with Gasteiger partial charge in [0.2, 0.25) is 0 Å². The second-order valence-corrected chi connectivity index (χ2v) is 5.46. The van der Waals surface area contributed by atoms with Gasteiger partial charge in [-0.1, -0.05) is 0 Å². The van der Waals surface area contributed by atoms with E-state index in [9.17, 15) is 5.11 Å². The molecule has 0 spiro atoms. The van der Waals surface area contributed by atoms with Crippen LogP contribution in [0.25, 0.3) is 0 Å². The Balaban J connectivity index is 2.30. The highest BCUT2D eigenvalue weighted by Crippen LogP contribution is 2.29. The lowest BCUT2D eigenvalue weighted by molar-refractivity contribution is 0.184. The minimum Gasteiger partial charge on any atom is -0.379 e. The lowest BCUT2D eigenvalue weighted by Crippen LogP contribution is -2.24. The van der Waals surface area contributed by atoms with Crippen LogP contribution in [0, 0.1) is 0 Å². The zero-order chi connectivity index (χ0) is 7.45. The van der Waals surface area contributed by atoms with Crippen molar-refractivity contribution < 1.29 is 5.11 Å². The van der Waals surface area contributed by atoms with Crippen molar-refractivity contribution in [1.82, 2.24) is 0 Å². The highest BCUT2D eigenvalue weighted by molar-refractivity contribution is 8.03. The summed E-state index contributed by atoms with van der Waals surface area (Å²) >= 11 is 3.55. The van der Waals surface area contributed by atoms with Crippen LogP contribution in [0.1, 0.15) is 19.8 Å². The van der Waals surface area contributed by atoms with Crippen molar-refractivity contribution in [2.45, 2.75) is 24.7 Å². The Morgan fingerprint density at radius 2 is 2.00 bits per heavy atom. The van der Waals surface area contributed by atoms with Gasteiger partial charge in [-0.25, -0.2) is 0 Å². The van der Waals surface area contributed by atoms with E-state index in [-0.39, 0.29) is 0 Å². The SMILES string of the molecule is CC1(O)CSCCCCS1. The summed E-state index contributed by atoms with van der Waals surface area (Å²) in [5, 5.41) is 9.62. The average molecular weight is 178 g/mol. The molecule has 0 saturated carbocycles. The molecule has 1 rings (SSSR count). The third kappa shape index (κ3) is 3.17. The van der Waals surface area contributed by atoms with E-state index < -0.39 is 4.93 Å². The highest BCUT2D eigenvalue weighted by atomic mass is 32.2. The lowest BCUT2D eigenvalue weighted by Gasteiger charge is -2.24. The van der Waals surface area contributed by atoms with Crippen LogP contribution >= 0.6 is 23.5 Å². The van der Waals surface area contributed by atoms with Gasteiger partial charge in [-0.05, 0) is 31.3 Å². The molecule has 1 unspecified atom stereocenters. The van der Waals surface area contributed by atoms with Gasteiger partial charge in [-0.15, -0.1) is 11.8 Å². The molecule has 0 aromatic heterocycles. The topological polar surface area (TPSA) is 20.2 Å². The van der Waals surface area contributed by atoms with Gasteiger partial charge in [-0.3, -0.25) is 0 Å². The second kappa shape index (κ2) is 3.88. The summed E-state index contributed by atoms with van der Waals surface area (Å²) < 4.78 is 0. The van der Waals surface area contributed by atoms with Gasteiger partial charge in [0.05, 0.1) is 0 Å². The monoisotopic (exact) mass is 178 g/mol. The van der Waals surface area contributed by atoms with Crippen molar-refractivity contribution in [3.8, 4) is 0 Å². The molecule has 1 aliphatic heterocycles. The van der Waals surface area contributed by atoms with Crippen LogP contribution in [0.2, 0.25) is 0 Å². The molecule has 0 aliphatic carbocycles. The summed E-state index contributed by atoms with van der Waals surface area (Å²) in [6.07, 6.45) is 2.57. The summed E-state index contributed by atoms with van der Waals surface area (Å²) in [5.41, 5.74) is 0. The highest BCUT2D eigenvalue weighted by Gasteiger charge is 2.21. The molecule has 1 saturated heterocycles. The molecule has 1 atom stereocenters. The molecular formula is C7H14OS2. The number of hydrogen-bond donors (Lipinski definition) is 1. The first-order chi connectivity index (χ1) is 4.71. The molecule has 1 N–H and O–H groups in total. The molecule has 0 aromatic rings. The predicted molar refractivity (Wildman–Crippen MR) is 49.6 cm³/mol. The van der Waals surface area contributed by atoms with Crippen molar-refractivity contribution in [1.29, 1.82) is 0 Å². The van der Waals surface area contributed by atoms with E-state index in [0.717, 1.165) is 11.5 Å². The van der Waals surface area contributed by atoms with Crippen LogP contribution in [-0.4, -0.2) is 27.3 Å². The quantitative estimate of drug-likeness (QED) is 0.612. The average Bonchev–Trinajstić information content (AvgIpc) is 1.81. The fraction of sp³-hybridized carbons (Fsp3) is 1.00. The third-order valence-electron chi connectivity index (χ3n) is 1.47. The first-order valence-electron chi connectivity index (χ1n) is 3.65. The summed E-state index contributed by atoms with van der Waals surface area (Å²) in [6.45, 7) is 1.91. The van der Waals surface area contributed by atoms with E-state index in [4.69, 9.17) is 0 Å². The predicted octanol–water partition coefficient (Wildman–Crippen LogP) is 1.96. The minimum absolute atomic E-state index is 0.467. The van der Waals surface area contributed by atoms with Gasteiger partial charge in [0, 0.05) is 5.75 Å². The van der Waals surface area contributed by atoms with Crippen LogP contribution in [0.15, 0.2) is 0 Å². The molecule has 0 aromatic carbocycles. The molecule has 10 heavy (non-hydrogen) atoms. The maximum absolute atomic E-state index is 9.62. The molecule has 60 valence electrons. The van der Waals surface area contributed by atoms with Crippen molar-refractivity contribution >= 4 is 23.5 Å². The molecule has 0 amide bonds. The Hall–Kier alpha value is 0.660. The molecule has 3 heteroatoms. The van der Waals surface area contributed by atoms with Crippen LogP contribution < -0.4 is 0 Å². The number of hydrogen-bond acceptors (Lipinski definition) is 3. The van der Waals surface area contributed by atoms with Gasteiger partial charge < -0.3 is 5.11 Å². The zero-order valence-electron chi connectivity index (χ0n) is 6.30. The molecular weight excluding hydrogens is 164 g/mol. The van der Waals surface area contributed by atoms with Gasteiger partial charge >= 0.3 is 0 Å². The van der Waals surface area contributed by atoms with Crippen LogP contribution in [0.5, 0.6) is 0 Å². The maximum atomic E-state index is 9.62. The van der Waals surface area contributed by atoms with Crippen molar-refractivity contribution in [2.75, 3.05) is 17.3 Å². The number of aliphatic hydroxyl groups is 1. The van der Waals surface area contributed by atoms with Crippen molar-refractivity contribution in [3.05, 3.63) is 0 Å². The summed E-state index contributed by atoms with van der Waals surface area (Å²) in [4.78, 5) is -0.467. The fourth-order valence-electron chi connectivity index (χ4n) is 0.901. The third-order valence-corrected chi connectivity index (χ3v) is 4.25. The van der Waals surface area contributed by atoms with E-state index in [1.54, 1.807) is 11.8 Å². The Morgan fingerprint density at radius 1 is 1.30 bits per heavy atom. The van der Waals surface area contributed by atoms with E-state index in [1.807, 2.05) is 18.7 Å². The first kappa shape index (κ1) is 8.75. The Labute approximate surface area is 71.0 Å². The molecule has 0 bridgehead atoms. The summed E-state index contributed by atoms with van der Waals surface area (Å²) in [6, 6.07) is 0. The van der Waals surface area contributed by atoms with E-state index in [2.05, 4.69) is 0 Å². The molecule has 1 fully saturated rings.